The summed E-state index contributed by atoms with van der Waals surface area (Å²) in [5.41, 5.74) is 6.42. The number of unbranched alkanes of at least 4 members (excludes halogenated alkanes) is 1. The average Bonchev–Trinajstić information content (AvgIpc) is 2.88. The van der Waals surface area contributed by atoms with Crippen LogP contribution < -0.4 is 5.73 Å². The highest BCUT2D eigenvalue weighted by atomic mass is 15.0. The number of nitrogens with zero attached hydrogens (tertiary/aromatic N) is 2. The molecule has 0 aromatic carbocycles. The Labute approximate surface area is 124 Å². The zero-order valence-corrected chi connectivity index (χ0v) is 13.2. The van der Waals surface area contributed by atoms with Gasteiger partial charge in [0.1, 0.15) is 5.82 Å². The van der Waals surface area contributed by atoms with Crippen LogP contribution in [0.25, 0.3) is 0 Å². The van der Waals surface area contributed by atoms with Gasteiger partial charge in [-0.2, -0.15) is 0 Å². The topological polar surface area (TPSA) is 43.8 Å². The molecule has 1 heterocycles. The second-order valence-electron chi connectivity index (χ2n) is 6.58. The molecule has 3 nitrogen and oxygen atoms in total. The van der Waals surface area contributed by atoms with E-state index in [1.807, 2.05) is 12.4 Å². The van der Waals surface area contributed by atoms with E-state index >= 15 is 0 Å². The van der Waals surface area contributed by atoms with Crippen molar-refractivity contribution in [2.75, 3.05) is 0 Å². The Morgan fingerprint density at radius 3 is 2.70 bits per heavy atom. The van der Waals surface area contributed by atoms with Gasteiger partial charge in [-0.25, -0.2) is 4.98 Å². The lowest BCUT2D eigenvalue weighted by molar-refractivity contribution is 0.226. The Balaban J connectivity index is 1.69. The van der Waals surface area contributed by atoms with Crippen molar-refractivity contribution in [2.45, 2.75) is 70.8 Å². The van der Waals surface area contributed by atoms with Crippen LogP contribution in [-0.2, 0) is 13.5 Å². The molecule has 3 heteroatoms. The van der Waals surface area contributed by atoms with Gasteiger partial charge in [0.2, 0.25) is 0 Å². The third-order valence-electron chi connectivity index (χ3n) is 5.09. The van der Waals surface area contributed by atoms with E-state index in [9.17, 15) is 0 Å². The Kier molecular flexibility index (Phi) is 6.08. The lowest BCUT2D eigenvalue weighted by Gasteiger charge is -2.32. The average molecular weight is 277 g/mol. The monoisotopic (exact) mass is 277 g/mol. The summed E-state index contributed by atoms with van der Waals surface area (Å²) >= 11 is 0. The Morgan fingerprint density at radius 1 is 1.35 bits per heavy atom. The normalized spacial score (nSPS) is 24.8. The quantitative estimate of drug-likeness (QED) is 0.826. The molecule has 0 amide bonds. The maximum Gasteiger partial charge on any atom is 0.108 e. The Bertz CT molecular complexity index is 377. The summed E-state index contributed by atoms with van der Waals surface area (Å²) in [5, 5.41) is 0. The van der Waals surface area contributed by atoms with Crippen LogP contribution in [0, 0.1) is 11.8 Å². The maximum atomic E-state index is 6.42. The van der Waals surface area contributed by atoms with Crippen molar-refractivity contribution in [3.05, 3.63) is 18.2 Å². The van der Waals surface area contributed by atoms with Crippen molar-refractivity contribution in [3.63, 3.8) is 0 Å². The minimum Gasteiger partial charge on any atom is -0.338 e. The van der Waals surface area contributed by atoms with E-state index in [0.29, 0.717) is 6.04 Å². The van der Waals surface area contributed by atoms with Crippen molar-refractivity contribution in [1.29, 1.82) is 0 Å². The molecule has 20 heavy (non-hydrogen) atoms. The molecule has 1 aromatic rings. The fourth-order valence-corrected chi connectivity index (χ4v) is 3.57. The zero-order valence-electron chi connectivity index (χ0n) is 13.2. The van der Waals surface area contributed by atoms with Crippen LogP contribution in [0.3, 0.4) is 0 Å². The van der Waals surface area contributed by atoms with Gasteiger partial charge >= 0.3 is 0 Å². The van der Waals surface area contributed by atoms with Gasteiger partial charge in [-0.15, -0.1) is 0 Å². The summed E-state index contributed by atoms with van der Waals surface area (Å²) < 4.78 is 2.11. The summed E-state index contributed by atoms with van der Waals surface area (Å²) in [7, 11) is 2.06. The maximum absolute atomic E-state index is 6.42. The van der Waals surface area contributed by atoms with Crippen molar-refractivity contribution in [1.82, 2.24) is 9.55 Å². The molecule has 1 atom stereocenters. The molecule has 2 N–H and O–H groups in total. The largest absolute Gasteiger partial charge is 0.338 e. The molecule has 114 valence electrons. The van der Waals surface area contributed by atoms with Crippen molar-refractivity contribution in [3.8, 4) is 0 Å². The van der Waals surface area contributed by atoms with Crippen molar-refractivity contribution >= 4 is 0 Å². The van der Waals surface area contributed by atoms with Gasteiger partial charge in [0.15, 0.2) is 0 Å². The fraction of sp³-hybridized carbons (Fsp3) is 0.824. The SMILES string of the molecule is CCCCC1CCC(C(N)CCc2nccn2C)CC1. The third kappa shape index (κ3) is 4.34. The summed E-state index contributed by atoms with van der Waals surface area (Å²) in [6.07, 6.45) is 15.7. The lowest BCUT2D eigenvalue weighted by atomic mass is 9.76. The molecule has 0 saturated heterocycles. The number of nitrogens with two attached hydrogens (primary N) is 1. The lowest BCUT2D eigenvalue weighted by Crippen LogP contribution is -2.33. The van der Waals surface area contributed by atoms with Crippen LogP contribution in [0.5, 0.6) is 0 Å². The summed E-state index contributed by atoms with van der Waals surface area (Å²) in [6, 6.07) is 0.360. The van der Waals surface area contributed by atoms with Crippen LogP contribution in [-0.4, -0.2) is 15.6 Å². The fourth-order valence-electron chi connectivity index (χ4n) is 3.57. The smallest absolute Gasteiger partial charge is 0.108 e. The molecule has 1 aliphatic carbocycles. The van der Waals surface area contributed by atoms with E-state index in [1.165, 1.54) is 44.9 Å². The minimum absolute atomic E-state index is 0.360. The molecule has 2 rings (SSSR count). The first kappa shape index (κ1) is 15.6. The van der Waals surface area contributed by atoms with E-state index in [1.54, 1.807) is 0 Å². The van der Waals surface area contributed by atoms with Crippen LogP contribution in [0.2, 0.25) is 0 Å². The first-order valence-electron chi connectivity index (χ1n) is 8.42. The van der Waals surface area contributed by atoms with Crippen LogP contribution in [0.4, 0.5) is 0 Å². The third-order valence-corrected chi connectivity index (χ3v) is 5.09. The summed E-state index contributed by atoms with van der Waals surface area (Å²) in [5.74, 6) is 2.89. The van der Waals surface area contributed by atoms with Gasteiger partial charge in [-0.05, 0) is 31.1 Å². The van der Waals surface area contributed by atoms with E-state index in [2.05, 4.69) is 23.5 Å². The first-order valence-corrected chi connectivity index (χ1v) is 8.42. The standard InChI is InChI=1S/C17H31N3/c1-3-4-5-14-6-8-15(9-7-14)16(18)10-11-17-19-12-13-20(17)2/h12-16H,3-11,18H2,1-2H3. The van der Waals surface area contributed by atoms with E-state index in [0.717, 1.165) is 30.5 Å². The van der Waals surface area contributed by atoms with Crippen LogP contribution in [0.1, 0.15) is 64.1 Å². The molecular formula is C17H31N3. The second-order valence-corrected chi connectivity index (χ2v) is 6.58. The number of hydrogen-bond donors (Lipinski definition) is 1. The molecule has 0 radical (unpaired) electrons. The minimum atomic E-state index is 0.360. The number of rotatable bonds is 7. The van der Waals surface area contributed by atoms with Gasteiger partial charge in [0, 0.05) is 31.9 Å². The number of aryl methyl sites for hydroxylation is 2. The Morgan fingerprint density at radius 2 is 2.10 bits per heavy atom. The van der Waals surface area contributed by atoms with Gasteiger partial charge in [0.05, 0.1) is 0 Å². The summed E-state index contributed by atoms with van der Waals surface area (Å²) in [4.78, 5) is 4.39. The van der Waals surface area contributed by atoms with E-state index in [4.69, 9.17) is 5.73 Å². The zero-order chi connectivity index (χ0) is 14.4. The molecular weight excluding hydrogens is 246 g/mol. The highest BCUT2D eigenvalue weighted by Crippen LogP contribution is 2.33. The predicted molar refractivity (Wildman–Crippen MR) is 84.5 cm³/mol. The first-order chi connectivity index (χ1) is 9.70. The molecule has 0 spiro atoms. The number of aromatic nitrogens is 2. The van der Waals surface area contributed by atoms with Gasteiger partial charge < -0.3 is 10.3 Å². The number of hydrogen-bond acceptors (Lipinski definition) is 2. The molecule has 1 fully saturated rings. The van der Waals surface area contributed by atoms with Crippen molar-refractivity contribution < 1.29 is 0 Å². The molecule has 1 saturated carbocycles. The highest BCUT2D eigenvalue weighted by Gasteiger charge is 2.25. The van der Waals surface area contributed by atoms with Gasteiger partial charge in [-0.3, -0.25) is 0 Å². The predicted octanol–water partition coefficient (Wildman–Crippen LogP) is 3.68. The van der Waals surface area contributed by atoms with Crippen LogP contribution >= 0.6 is 0 Å². The molecule has 1 unspecified atom stereocenters. The van der Waals surface area contributed by atoms with Gasteiger partial charge in [-0.1, -0.05) is 39.0 Å². The summed E-state index contributed by atoms with van der Waals surface area (Å²) in [6.45, 7) is 2.29. The second kappa shape index (κ2) is 7.82. The van der Waals surface area contributed by atoms with E-state index < -0.39 is 0 Å². The number of imidazole rings is 1. The van der Waals surface area contributed by atoms with Crippen LogP contribution in [0.15, 0.2) is 12.4 Å². The Hall–Kier alpha value is -0.830. The molecule has 1 aliphatic rings. The van der Waals surface area contributed by atoms with Crippen molar-refractivity contribution in [2.24, 2.45) is 24.6 Å². The van der Waals surface area contributed by atoms with E-state index in [-0.39, 0.29) is 0 Å². The molecule has 0 aliphatic heterocycles. The van der Waals surface area contributed by atoms with Gasteiger partial charge in [0.25, 0.3) is 0 Å². The highest BCUT2D eigenvalue weighted by molar-refractivity contribution is 4.92. The molecule has 0 bridgehead atoms. The molecule has 1 aromatic heterocycles.